The fourth-order valence-electron chi connectivity index (χ4n) is 2.57. The minimum Gasteiger partial charge on any atom is -0.356 e. The number of nitrogens with two attached hydrogens (primary N) is 1. The van der Waals surface area contributed by atoms with Gasteiger partial charge in [-0.2, -0.15) is 0 Å². The van der Waals surface area contributed by atoms with Crippen LogP contribution in [0.4, 0.5) is 0 Å². The Hall–Kier alpha value is -0.570. The lowest BCUT2D eigenvalue weighted by atomic mass is 9.81. The van der Waals surface area contributed by atoms with Crippen molar-refractivity contribution in [3.8, 4) is 0 Å². The average molecular weight is 240 g/mol. The van der Waals surface area contributed by atoms with Gasteiger partial charge in [0.2, 0.25) is 5.91 Å². The largest absolute Gasteiger partial charge is 0.356 e. The van der Waals surface area contributed by atoms with Crippen LogP contribution in [0.2, 0.25) is 0 Å². The minimum atomic E-state index is 0.0615. The van der Waals surface area contributed by atoms with Gasteiger partial charge in [-0.1, -0.05) is 39.5 Å². The van der Waals surface area contributed by atoms with Crippen molar-refractivity contribution in [2.75, 3.05) is 13.1 Å². The maximum atomic E-state index is 11.7. The molecule has 3 nitrogen and oxygen atoms in total. The molecule has 3 heteroatoms. The monoisotopic (exact) mass is 240 g/mol. The lowest BCUT2D eigenvalue weighted by Crippen LogP contribution is -2.32. The van der Waals surface area contributed by atoms with E-state index in [0.29, 0.717) is 6.54 Å². The summed E-state index contributed by atoms with van der Waals surface area (Å²) in [5.41, 5.74) is 5.45. The van der Waals surface area contributed by atoms with Gasteiger partial charge in [0.25, 0.3) is 0 Å². The van der Waals surface area contributed by atoms with Crippen molar-refractivity contribution in [2.45, 2.75) is 52.4 Å². The topological polar surface area (TPSA) is 55.1 Å². The van der Waals surface area contributed by atoms with E-state index in [1.54, 1.807) is 0 Å². The summed E-state index contributed by atoms with van der Waals surface area (Å²) in [6.45, 7) is 5.72. The molecule has 1 atom stereocenters. The summed E-state index contributed by atoms with van der Waals surface area (Å²) in [6, 6.07) is 0. The van der Waals surface area contributed by atoms with E-state index in [2.05, 4.69) is 12.2 Å². The summed E-state index contributed by atoms with van der Waals surface area (Å²) < 4.78 is 0. The van der Waals surface area contributed by atoms with Crippen LogP contribution in [0.25, 0.3) is 0 Å². The van der Waals surface area contributed by atoms with Crippen LogP contribution in [-0.4, -0.2) is 19.0 Å². The van der Waals surface area contributed by atoms with Gasteiger partial charge in [0.05, 0.1) is 0 Å². The number of carbonyl (C=O) groups is 1. The van der Waals surface area contributed by atoms with Crippen molar-refractivity contribution in [3.63, 3.8) is 0 Å². The van der Waals surface area contributed by atoms with Crippen molar-refractivity contribution in [1.82, 2.24) is 5.32 Å². The molecule has 0 heterocycles. The zero-order valence-electron chi connectivity index (χ0n) is 11.4. The van der Waals surface area contributed by atoms with E-state index in [1.807, 2.05) is 6.92 Å². The van der Waals surface area contributed by atoms with Crippen LogP contribution >= 0.6 is 0 Å². The van der Waals surface area contributed by atoms with Crippen LogP contribution in [0, 0.1) is 17.8 Å². The first-order chi connectivity index (χ1) is 8.13. The summed E-state index contributed by atoms with van der Waals surface area (Å²) in [7, 11) is 0. The van der Waals surface area contributed by atoms with E-state index in [4.69, 9.17) is 5.73 Å². The van der Waals surface area contributed by atoms with Crippen LogP contribution in [0.3, 0.4) is 0 Å². The van der Waals surface area contributed by atoms with Crippen LogP contribution in [0.5, 0.6) is 0 Å². The standard InChI is InChI=1S/C14H28N2O/c1-11-3-5-13(6-4-11)8-10-16-14(17)12(2)7-9-15/h11-13H,3-10,15H2,1-2H3,(H,16,17). The highest BCUT2D eigenvalue weighted by atomic mass is 16.1. The smallest absolute Gasteiger partial charge is 0.222 e. The molecule has 1 fully saturated rings. The quantitative estimate of drug-likeness (QED) is 0.748. The lowest BCUT2D eigenvalue weighted by molar-refractivity contribution is -0.124. The Morgan fingerprint density at radius 2 is 2.00 bits per heavy atom. The molecule has 3 N–H and O–H groups in total. The third kappa shape index (κ3) is 5.53. The van der Waals surface area contributed by atoms with Crippen LogP contribution in [-0.2, 0) is 4.79 Å². The highest BCUT2D eigenvalue weighted by Gasteiger charge is 2.18. The van der Waals surface area contributed by atoms with Gasteiger partial charge in [-0.15, -0.1) is 0 Å². The molecule has 1 saturated carbocycles. The van der Waals surface area contributed by atoms with E-state index in [-0.39, 0.29) is 11.8 Å². The SMILES string of the molecule is CC1CCC(CCNC(=O)C(C)CCN)CC1. The molecule has 0 aromatic heterocycles. The van der Waals surface area contributed by atoms with E-state index in [0.717, 1.165) is 31.2 Å². The molecule has 1 amide bonds. The molecular formula is C14H28N2O. The van der Waals surface area contributed by atoms with Crippen LogP contribution in [0.1, 0.15) is 52.4 Å². The molecule has 0 aromatic carbocycles. The predicted molar refractivity (Wildman–Crippen MR) is 71.6 cm³/mol. The number of rotatable bonds is 6. The highest BCUT2D eigenvalue weighted by molar-refractivity contribution is 5.78. The van der Waals surface area contributed by atoms with Crippen LogP contribution < -0.4 is 11.1 Å². The Kier molecular flexibility index (Phi) is 6.56. The van der Waals surface area contributed by atoms with Gasteiger partial charge in [-0.3, -0.25) is 4.79 Å². The fourth-order valence-corrected chi connectivity index (χ4v) is 2.57. The van der Waals surface area contributed by atoms with Gasteiger partial charge >= 0.3 is 0 Å². The summed E-state index contributed by atoms with van der Waals surface area (Å²) in [6.07, 6.45) is 7.34. The number of carbonyl (C=O) groups excluding carboxylic acids is 1. The zero-order chi connectivity index (χ0) is 12.7. The van der Waals surface area contributed by atoms with E-state index in [1.165, 1.54) is 25.7 Å². The van der Waals surface area contributed by atoms with E-state index < -0.39 is 0 Å². The van der Waals surface area contributed by atoms with Crippen molar-refractivity contribution in [2.24, 2.45) is 23.5 Å². The Balaban J connectivity index is 2.09. The minimum absolute atomic E-state index is 0.0615. The summed E-state index contributed by atoms with van der Waals surface area (Å²) in [4.78, 5) is 11.7. The molecule has 0 spiro atoms. The summed E-state index contributed by atoms with van der Waals surface area (Å²) in [5.74, 6) is 1.97. The predicted octanol–water partition coefficient (Wildman–Crippen LogP) is 2.30. The second kappa shape index (κ2) is 7.70. The first-order valence-corrected chi connectivity index (χ1v) is 7.11. The molecule has 0 aliphatic heterocycles. The normalized spacial score (nSPS) is 26.5. The van der Waals surface area contributed by atoms with Gasteiger partial charge in [0, 0.05) is 12.5 Å². The van der Waals surface area contributed by atoms with Crippen molar-refractivity contribution in [1.29, 1.82) is 0 Å². The third-order valence-electron chi connectivity index (χ3n) is 4.03. The van der Waals surface area contributed by atoms with Crippen molar-refractivity contribution < 1.29 is 4.79 Å². The fraction of sp³-hybridized carbons (Fsp3) is 0.929. The van der Waals surface area contributed by atoms with Gasteiger partial charge < -0.3 is 11.1 Å². The molecule has 17 heavy (non-hydrogen) atoms. The molecule has 1 rings (SSSR count). The van der Waals surface area contributed by atoms with Gasteiger partial charge in [-0.05, 0) is 31.2 Å². The van der Waals surface area contributed by atoms with Crippen molar-refractivity contribution >= 4 is 5.91 Å². The molecular weight excluding hydrogens is 212 g/mol. The summed E-state index contributed by atoms with van der Waals surface area (Å²) >= 11 is 0. The number of amides is 1. The molecule has 1 aliphatic carbocycles. The number of hydrogen-bond donors (Lipinski definition) is 2. The van der Waals surface area contributed by atoms with E-state index in [9.17, 15) is 4.79 Å². The highest BCUT2D eigenvalue weighted by Crippen LogP contribution is 2.29. The Labute approximate surface area is 106 Å². The first-order valence-electron chi connectivity index (χ1n) is 7.11. The van der Waals surface area contributed by atoms with Gasteiger partial charge in [-0.25, -0.2) is 0 Å². The molecule has 1 aliphatic rings. The lowest BCUT2D eigenvalue weighted by Gasteiger charge is -2.26. The molecule has 100 valence electrons. The maximum absolute atomic E-state index is 11.7. The van der Waals surface area contributed by atoms with E-state index >= 15 is 0 Å². The second-order valence-electron chi connectivity index (χ2n) is 5.68. The molecule has 0 bridgehead atoms. The first kappa shape index (κ1) is 14.5. The average Bonchev–Trinajstić information content (AvgIpc) is 2.32. The third-order valence-corrected chi connectivity index (χ3v) is 4.03. The maximum Gasteiger partial charge on any atom is 0.222 e. The second-order valence-corrected chi connectivity index (χ2v) is 5.68. The van der Waals surface area contributed by atoms with Gasteiger partial charge in [0.15, 0.2) is 0 Å². The Morgan fingerprint density at radius 1 is 1.35 bits per heavy atom. The number of nitrogens with one attached hydrogen (secondary N) is 1. The Morgan fingerprint density at radius 3 is 2.59 bits per heavy atom. The molecule has 0 radical (unpaired) electrons. The zero-order valence-corrected chi connectivity index (χ0v) is 11.4. The number of hydrogen-bond acceptors (Lipinski definition) is 2. The van der Waals surface area contributed by atoms with Crippen LogP contribution in [0.15, 0.2) is 0 Å². The Bertz CT molecular complexity index is 222. The molecule has 0 saturated heterocycles. The van der Waals surface area contributed by atoms with Crippen molar-refractivity contribution in [3.05, 3.63) is 0 Å². The van der Waals surface area contributed by atoms with Gasteiger partial charge in [0.1, 0.15) is 0 Å². The molecule has 1 unspecified atom stereocenters. The molecule has 0 aromatic rings. The summed E-state index contributed by atoms with van der Waals surface area (Å²) in [5, 5.41) is 3.03.